The van der Waals surface area contributed by atoms with Crippen LogP contribution in [0, 0.1) is 0 Å². The summed E-state index contributed by atoms with van der Waals surface area (Å²) in [6.07, 6.45) is 9.67. The third kappa shape index (κ3) is 6.35. The van der Waals surface area contributed by atoms with Gasteiger partial charge in [-0.2, -0.15) is 0 Å². The number of carbonyl (C=O) groups is 1. The van der Waals surface area contributed by atoms with Crippen LogP contribution in [0.1, 0.15) is 31.7 Å². The second-order valence-electron chi connectivity index (χ2n) is 12.5. The maximum atomic E-state index is 13.5. The number of likely N-dealkylation sites (tertiary alicyclic amines) is 1. The average Bonchev–Trinajstić information content (AvgIpc) is 3.67. The number of nitrogens with one attached hydrogen (secondary N) is 2. The van der Waals surface area contributed by atoms with Crippen LogP contribution in [0.15, 0.2) is 61.4 Å². The Morgan fingerprint density at radius 3 is 2.64 bits per heavy atom. The van der Waals surface area contributed by atoms with Gasteiger partial charge in [0.05, 0.1) is 35.2 Å². The highest BCUT2D eigenvalue weighted by atomic mass is 31.2. The molecule has 45 heavy (non-hydrogen) atoms. The molecule has 2 N–H and O–H groups in total. The molecule has 0 bridgehead atoms. The number of fused-ring (bicyclic) bond motifs is 1. The molecule has 2 aromatic carbocycles. The molecule has 10 nitrogen and oxygen atoms in total. The van der Waals surface area contributed by atoms with E-state index in [4.69, 9.17) is 9.72 Å². The summed E-state index contributed by atoms with van der Waals surface area (Å²) in [7, 11) is 3.06. The van der Waals surface area contributed by atoms with Crippen molar-refractivity contribution in [3.63, 3.8) is 0 Å². The summed E-state index contributed by atoms with van der Waals surface area (Å²) in [6, 6.07) is 12.9. The number of aromatic nitrogens is 3. The summed E-state index contributed by atoms with van der Waals surface area (Å²) in [5.74, 6) is 0.596. The Kier molecular flexibility index (Phi) is 8.46. The van der Waals surface area contributed by atoms with Crippen molar-refractivity contribution in [1.29, 1.82) is 0 Å². The lowest BCUT2D eigenvalue weighted by Gasteiger charge is -2.29. The van der Waals surface area contributed by atoms with Crippen LogP contribution in [0.25, 0.3) is 22.2 Å². The number of carbonyl (C=O) groups excluding carboxylic acids is 1. The Bertz CT molecular complexity index is 1810. The fourth-order valence-electron chi connectivity index (χ4n) is 6.26. The summed E-state index contributed by atoms with van der Waals surface area (Å²) >= 11 is 0. The van der Waals surface area contributed by atoms with Gasteiger partial charge in [-0.15, -0.1) is 0 Å². The van der Waals surface area contributed by atoms with Crippen LogP contribution in [-0.4, -0.2) is 79.0 Å². The molecular formula is C34H42N7O3P. The van der Waals surface area contributed by atoms with Crippen LogP contribution in [0.3, 0.4) is 0 Å². The topological polar surface area (TPSA) is 105 Å². The Morgan fingerprint density at radius 1 is 1.20 bits per heavy atom. The van der Waals surface area contributed by atoms with Crippen molar-refractivity contribution in [1.82, 2.24) is 19.4 Å². The Labute approximate surface area is 264 Å². The van der Waals surface area contributed by atoms with Crippen molar-refractivity contribution in [3.05, 3.63) is 61.4 Å². The number of hydrogen-bond donors (Lipinski definition) is 2. The third-order valence-electron chi connectivity index (χ3n) is 8.86. The zero-order valence-electron chi connectivity index (χ0n) is 26.7. The lowest BCUT2D eigenvalue weighted by Crippen LogP contribution is -2.37. The minimum atomic E-state index is -2.73. The van der Waals surface area contributed by atoms with Crippen molar-refractivity contribution in [2.24, 2.45) is 0 Å². The van der Waals surface area contributed by atoms with Crippen LogP contribution in [0.5, 0.6) is 5.75 Å². The minimum Gasteiger partial charge on any atom is -0.494 e. The van der Waals surface area contributed by atoms with E-state index in [0.29, 0.717) is 46.2 Å². The number of ether oxygens (including phenoxy) is 1. The number of rotatable bonds is 11. The van der Waals surface area contributed by atoms with Crippen LogP contribution >= 0.6 is 7.14 Å². The van der Waals surface area contributed by atoms with Gasteiger partial charge in [0, 0.05) is 60.6 Å². The number of para-hydroxylation sites is 1. The third-order valence-corrected chi connectivity index (χ3v) is 10.3. The molecule has 1 saturated carbocycles. The van der Waals surface area contributed by atoms with Crippen LogP contribution in [0.4, 0.5) is 23.0 Å². The van der Waals surface area contributed by atoms with Crippen molar-refractivity contribution in [2.45, 2.75) is 37.8 Å². The average molecular weight is 628 g/mol. The van der Waals surface area contributed by atoms with E-state index in [2.05, 4.69) is 61.9 Å². The van der Waals surface area contributed by atoms with Crippen molar-refractivity contribution in [3.8, 4) is 17.0 Å². The summed E-state index contributed by atoms with van der Waals surface area (Å²) in [5.41, 5.74) is 4.75. The molecule has 1 atom stereocenters. The lowest BCUT2D eigenvalue weighted by atomic mass is 10.1. The number of hydrogen-bond acceptors (Lipinski definition) is 8. The molecule has 1 amide bonds. The van der Waals surface area contributed by atoms with E-state index in [1.54, 1.807) is 26.6 Å². The Morgan fingerprint density at radius 2 is 1.98 bits per heavy atom. The molecular weight excluding hydrogens is 585 g/mol. The Balaban J connectivity index is 1.41. The quantitative estimate of drug-likeness (QED) is 0.152. The number of anilines is 4. The molecule has 2 aromatic heterocycles. The van der Waals surface area contributed by atoms with Crippen molar-refractivity contribution < 1.29 is 14.1 Å². The van der Waals surface area contributed by atoms with Gasteiger partial charge in [0.2, 0.25) is 11.9 Å². The molecule has 1 aliphatic heterocycles. The summed E-state index contributed by atoms with van der Waals surface area (Å²) in [4.78, 5) is 26.6. The van der Waals surface area contributed by atoms with Gasteiger partial charge in [0.15, 0.2) is 0 Å². The number of methoxy groups -OCH3 is 1. The maximum Gasteiger partial charge on any atom is 0.247 e. The first-order chi connectivity index (χ1) is 21.6. The first-order valence-corrected chi connectivity index (χ1v) is 18.0. The lowest BCUT2D eigenvalue weighted by molar-refractivity contribution is -0.111. The second kappa shape index (κ2) is 12.3. The molecule has 0 spiro atoms. The minimum absolute atomic E-state index is 0.310. The molecule has 2 aliphatic rings. The zero-order valence-corrected chi connectivity index (χ0v) is 27.6. The maximum absolute atomic E-state index is 13.5. The van der Waals surface area contributed by atoms with Gasteiger partial charge in [-0.05, 0) is 70.8 Å². The van der Waals surface area contributed by atoms with Gasteiger partial charge in [-0.1, -0.05) is 24.8 Å². The molecule has 11 heteroatoms. The highest BCUT2D eigenvalue weighted by molar-refractivity contribution is 7.70. The van der Waals surface area contributed by atoms with E-state index < -0.39 is 7.14 Å². The molecule has 1 saturated heterocycles. The predicted octanol–water partition coefficient (Wildman–Crippen LogP) is 6.09. The van der Waals surface area contributed by atoms with E-state index >= 15 is 0 Å². The van der Waals surface area contributed by atoms with Gasteiger partial charge in [-0.3, -0.25) is 4.79 Å². The van der Waals surface area contributed by atoms with Crippen LogP contribution < -0.4 is 25.6 Å². The van der Waals surface area contributed by atoms with Gasteiger partial charge in [0.25, 0.3) is 0 Å². The molecule has 1 aliphatic carbocycles. The van der Waals surface area contributed by atoms with Gasteiger partial charge >= 0.3 is 0 Å². The number of benzene rings is 2. The number of nitrogens with zero attached hydrogens (tertiary/aromatic N) is 5. The number of likely N-dealkylation sites (N-methyl/N-ethyl adjacent to an activating group) is 2. The summed E-state index contributed by atoms with van der Waals surface area (Å²) in [5, 5.41) is 8.00. The normalized spacial score (nSPS) is 17.0. The zero-order chi connectivity index (χ0) is 31.9. The standard InChI is InChI=1S/C34H42N7O3P/c1-7-32(42)36-26-17-27(30(44-4)18-29(26)40(3)20-23-11-10-16-39(23)2)37-34-35-19-31(45(5,6)43)33(38-34)25-21-41(22-14-15-22)28-13-9-8-12-24(25)28/h7-9,12-13,17-19,21-23H,1,10-11,14-16,20H2,2-6H3,(H,36,42)(H,35,37,38). The molecule has 6 rings (SSSR count). The van der Waals surface area contributed by atoms with Crippen molar-refractivity contribution in [2.75, 3.05) is 63.2 Å². The summed E-state index contributed by atoms with van der Waals surface area (Å²) in [6.45, 7) is 9.02. The molecule has 0 radical (unpaired) electrons. The van der Waals surface area contributed by atoms with E-state index in [9.17, 15) is 9.36 Å². The fraction of sp³-hybridized carbons (Fsp3) is 0.382. The number of amides is 1. The first-order valence-electron chi connectivity index (χ1n) is 15.4. The predicted molar refractivity (Wildman–Crippen MR) is 184 cm³/mol. The highest BCUT2D eigenvalue weighted by Crippen LogP contribution is 2.44. The van der Waals surface area contributed by atoms with Gasteiger partial charge in [-0.25, -0.2) is 9.97 Å². The van der Waals surface area contributed by atoms with Crippen LogP contribution in [0.2, 0.25) is 0 Å². The van der Waals surface area contributed by atoms with E-state index in [1.807, 2.05) is 31.3 Å². The molecule has 3 heterocycles. The first kappa shape index (κ1) is 30.9. The van der Waals surface area contributed by atoms with E-state index in [1.165, 1.54) is 12.5 Å². The smallest absolute Gasteiger partial charge is 0.247 e. The molecule has 1 unspecified atom stereocenters. The van der Waals surface area contributed by atoms with E-state index in [-0.39, 0.29) is 5.91 Å². The fourth-order valence-corrected chi connectivity index (χ4v) is 7.27. The van der Waals surface area contributed by atoms with Gasteiger partial charge < -0.3 is 34.3 Å². The Hall–Kier alpha value is -4.14. The SMILES string of the molecule is C=CC(=O)Nc1cc(Nc2ncc(P(C)(C)=O)c(-c3cn(C4CC4)c4ccccc34)n2)c(OC)cc1N(C)CC1CCCN1C. The second-order valence-corrected chi connectivity index (χ2v) is 15.7. The highest BCUT2D eigenvalue weighted by Gasteiger charge is 2.29. The monoisotopic (exact) mass is 627 g/mol. The molecule has 236 valence electrons. The summed E-state index contributed by atoms with van der Waals surface area (Å²) < 4.78 is 21.7. The van der Waals surface area contributed by atoms with Crippen LogP contribution in [-0.2, 0) is 9.36 Å². The van der Waals surface area contributed by atoms with E-state index in [0.717, 1.165) is 54.5 Å². The van der Waals surface area contributed by atoms with Crippen molar-refractivity contribution >= 4 is 52.3 Å². The molecule has 4 aromatic rings. The van der Waals surface area contributed by atoms with Gasteiger partial charge in [0.1, 0.15) is 12.9 Å². The molecule has 2 fully saturated rings. The largest absolute Gasteiger partial charge is 0.494 e.